The Bertz CT molecular complexity index is 1430. The van der Waals surface area contributed by atoms with Gasteiger partial charge in [0.15, 0.2) is 0 Å². The topological polar surface area (TPSA) is 86.8 Å². The molecule has 0 heterocycles. The van der Waals surface area contributed by atoms with E-state index in [2.05, 4.69) is 5.32 Å². The van der Waals surface area contributed by atoms with E-state index in [9.17, 15) is 22.4 Å². The van der Waals surface area contributed by atoms with E-state index in [1.807, 2.05) is 58.0 Å². The second-order valence-corrected chi connectivity index (χ2v) is 12.1. The minimum atomic E-state index is -3.87. The molecule has 0 unspecified atom stereocenters. The first kappa shape index (κ1) is 30.8. The molecule has 2 atom stereocenters. The summed E-state index contributed by atoms with van der Waals surface area (Å²) >= 11 is 0. The van der Waals surface area contributed by atoms with Crippen molar-refractivity contribution in [1.82, 2.24) is 10.2 Å². The molecular formula is C31H38FN3O4S. The standard InChI is InChI=1S/C31H38FN3O4S/c1-6-24(4)33-31(37)29(19-25-12-8-7-9-13-25)34(20-26-14-10-11-15-28(26)32)30(36)21-35(40(5,38)39)27-17-16-22(2)23(3)18-27/h7-18,24,29H,6,19-21H2,1-5H3,(H,33,37)/t24-,29-/m0/s1. The number of hydrogen-bond donors (Lipinski definition) is 1. The van der Waals surface area contributed by atoms with E-state index in [0.717, 1.165) is 27.3 Å². The van der Waals surface area contributed by atoms with Crippen molar-refractivity contribution >= 4 is 27.5 Å². The highest BCUT2D eigenvalue weighted by molar-refractivity contribution is 7.92. The number of rotatable bonds is 12. The molecule has 0 aliphatic rings. The fourth-order valence-electron chi connectivity index (χ4n) is 4.30. The van der Waals surface area contributed by atoms with Gasteiger partial charge in [0.25, 0.3) is 0 Å². The summed E-state index contributed by atoms with van der Waals surface area (Å²) in [5, 5.41) is 2.96. The Morgan fingerprint density at radius 1 is 0.950 bits per heavy atom. The summed E-state index contributed by atoms with van der Waals surface area (Å²) in [4.78, 5) is 29.0. The molecule has 0 aliphatic heterocycles. The van der Waals surface area contributed by atoms with Gasteiger partial charge in [-0.1, -0.05) is 61.5 Å². The molecule has 0 bridgehead atoms. The van der Waals surface area contributed by atoms with Gasteiger partial charge in [0.1, 0.15) is 18.4 Å². The van der Waals surface area contributed by atoms with Crippen molar-refractivity contribution in [3.63, 3.8) is 0 Å². The third kappa shape index (κ3) is 8.14. The largest absolute Gasteiger partial charge is 0.352 e. The van der Waals surface area contributed by atoms with Crippen molar-refractivity contribution in [3.05, 3.63) is 101 Å². The summed E-state index contributed by atoms with van der Waals surface area (Å²) in [7, 11) is -3.87. The summed E-state index contributed by atoms with van der Waals surface area (Å²) in [5.74, 6) is -1.53. The smallest absolute Gasteiger partial charge is 0.244 e. The van der Waals surface area contributed by atoms with E-state index < -0.39 is 34.3 Å². The van der Waals surface area contributed by atoms with Crippen LogP contribution in [0.2, 0.25) is 0 Å². The van der Waals surface area contributed by atoms with Crippen LogP contribution < -0.4 is 9.62 Å². The molecule has 0 aromatic heterocycles. The molecule has 0 saturated heterocycles. The molecule has 2 amide bonds. The van der Waals surface area contributed by atoms with Crippen molar-refractivity contribution in [3.8, 4) is 0 Å². The first-order valence-corrected chi connectivity index (χ1v) is 15.2. The van der Waals surface area contributed by atoms with Gasteiger partial charge >= 0.3 is 0 Å². The van der Waals surface area contributed by atoms with E-state index in [4.69, 9.17) is 0 Å². The minimum absolute atomic E-state index is 0.153. The van der Waals surface area contributed by atoms with Gasteiger partial charge in [0.05, 0.1) is 11.9 Å². The lowest BCUT2D eigenvalue weighted by Gasteiger charge is -2.34. The van der Waals surface area contributed by atoms with E-state index >= 15 is 0 Å². The zero-order valence-corrected chi connectivity index (χ0v) is 24.5. The SMILES string of the molecule is CC[C@H](C)NC(=O)[C@H](Cc1ccccc1)N(Cc1ccccc1F)C(=O)CN(c1ccc(C)c(C)c1)S(C)(=O)=O. The lowest BCUT2D eigenvalue weighted by molar-refractivity contribution is -0.140. The second kappa shape index (κ2) is 13.6. The predicted molar refractivity (Wildman–Crippen MR) is 157 cm³/mol. The minimum Gasteiger partial charge on any atom is -0.352 e. The summed E-state index contributed by atoms with van der Waals surface area (Å²) < 4.78 is 41.6. The normalized spacial score (nSPS) is 12.8. The number of carbonyl (C=O) groups is 2. The third-order valence-corrected chi connectivity index (χ3v) is 8.17. The maximum atomic E-state index is 14.8. The third-order valence-electron chi connectivity index (χ3n) is 7.03. The molecule has 0 spiro atoms. The molecule has 3 aromatic rings. The maximum Gasteiger partial charge on any atom is 0.244 e. The Balaban J connectivity index is 2.08. The van der Waals surface area contributed by atoms with Crippen molar-refractivity contribution in [2.24, 2.45) is 0 Å². The molecule has 214 valence electrons. The van der Waals surface area contributed by atoms with E-state index in [-0.39, 0.29) is 30.5 Å². The summed E-state index contributed by atoms with van der Waals surface area (Å²) in [6, 6.07) is 19.3. The van der Waals surface area contributed by atoms with Crippen LogP contribution in [0.3, 0.4) is 0 Å². The fourth-order valence-corrected chi connectivity index (χ4v) is 5.14. The van der Waals surface area contributed by atoms with E-state index in [1.54, 1.807) is 36.4 Å². The van der Waals surface area contributed by atoms with Crippen LogP contribution in [0, 0.1) is 19.7 Å². The van der Waals surface area contributed by atoms with Crippen LogP contribution in [0.25, 0.3) is 0 Å². The lowest BCUT2D eigenvalue weighted by atomic mass is 10.0. The Hall–Kier alpha value is -3.72. The number of carbonyl (C=O) groups excluding carboxylic acids is 2. The van der Waals surface area contributed by atoms with E-state index in [0.29, 0.717) is 12.1 Å². The number of hydrogen-bond acceptors (Lipinski definition) is 4. The van der Waals surface area contributed by atoms with Gasteiger partial charge in [-0.2, -0.15) is 0 Å². The molecule has 9 heteroatoms. The van der Waals surface area contributed by atoms with Crippen molar-refractivity contribution in [2.45, 2.75) is 59.2 Å². The zero-order valence-electron chi connectivity index (χ0n) is 23.7. The first-order chi connectivity index (χ1) is 18.9. The Kier molecular flexibility index (Phi) is 10.5. The monoisotopic (exact) mass is 567 g/mol. The quantitative estimate of drug-likeness (QED) is 0.342. The van der Waals surface area contributed by atoms with Gasteiger partial charge < -0.3 is 10.2 Å². The number of anilines is 1. The van der Waals surface area contributed by atoms with E-state index in [1.165, 1.54) is 11.0 Å². The molecule has 7 nitrogen and oxygen atoms in total. The second-order valence-electron chi connectivity index (χ2n) is 10.2. The van der Waals surface area contributed by atoms with Gasteiger partial charge in [-0.3, -0.25) is 13.9 Å². The fraction of sp³-hybridized carbons (Fsp3) is 0.355. The van der Waals surface area contributed by atoms with Crippen LogP contribution in [0.5, 0.6) is 0 Å². The molecule has 3 rings (SSSR count). The van der Waals surface area contributed by atoms with Gasteiger partial charge in [-0.25, -0.2) is 12.8 Å². The highest BCUT2D eigenvalue weighted by atomic mass is 32.2. The Morgan fingerprint density at radius 2 is 1.60 bits per heavy atom. The number of amides is 2. The van der Waals surface area contributed by atoms with Crippen molar-refractivity contribution in [2.75, 3.05) is 17.1 Å². The highest BCUT2D eigenvalue weighted by Gasteiger charge is 2.33. The van der Waals surface area contributed by atoms with Crippen LogP contribution in [0.1, 0.15) is 42.5 Å². The number of halogens is 1. The first-order valence-electron chi connectivity index (χ1n) is 13.3. The summed E-state index contributed by atoms with van der Waals surface area (Å²) in [5.41, 5.74) is 3.23. The van der Waals surface area contributed by atoms with Crippen LogP contribution in [0.4, 0.5) is 10.1 Å². The molecule has 0 saturated carbocycles. The number of nitrogens with one attached hydrogen (secondary N) is 1. The van der Waals surface area contributed by atoms with Crippen molar-refractivity contribution < 1.29 is 22.4 Å². The Labute approximate surface area is 237 Å². The van der Waals surface area contributed by atoms with Gasteiger partial charge in [0, 0.05) is 24.6 Å². The molecule has 1 N–H and O–H groups in total. The number of benzene rings is 3. The lowest BCUT2D eigenvalue weighted by Crippen LogP contribution is -2.54. The van der Waals surface area contributed by atoms with Gasteiger partial charge in [-0.15, -0.1) is 0 Å². The molecular weight excluding hydrogens is 529 g/mol. The molecule has 0 fully saturated rings. The molecule has 0 aliphatic carbocycles. The number of nitrogens with zero attached hydrogens (tertiary/aromatic N) is 2. The summed E-state index contributed by atoms with van der Waals surface area (Å²) in [6.45, 7) is 6.83. The maximum absolute atomic E-state index is 14.8. The predicted octanol–water partition coefficient (Wildman–Crippen LogP) is 4.76. The van der Waals surface area contributed by atoms with Crippen LogP contribution in [-0.4, -0.2) is 50.0 Å². The highest BCUT2D eigenvalue weighted by Crippen LogP contribution is 2.23. The average Bonchev–Trinajstić information content (AvgIpc) is 2.91. The van der Waals surface area contributed by atoms with Crippen molar-refractivity contribution in [1.29, 1.82) is 0 Å². The van der Waals surface area contributed by atoms with Crippen LogP contribution in [-0.2, 0) is 32.6 Å². The van der Waals surface area contributed by atoms with Gasteiger partial charge in [0.2, 0.25) is 21.8 Å². The molecule has 3 aromatic carbocycles. The molecule has 0 radical (unpaired) electrons. The Morgan fingerprint density at radius 3 is 2.20 bits per heavy atom. The zero-order chi connectivity index (χ0) is 29.4. The van der Waals surface area contributed by atoms with Gasteiger partial charge in [-0.05, 0) is 62.1 Å². The number of aryl methyl sites for hydroxylation is 2. The van der Waals surface area contributed by atoms with Crippen LogP contribution >= 0.6 is 0 Å². The molecule has 40 heavy (non-hydrogen) atoms. The summed E-state index contributed by atoms with van der Waals surface area (Å²) in [6.07, 6.45) is 1.89. The van der Waals surface area contributed by atoms with Crippen LogP contribution in [0.15, 0.2) is 72.8 Å². The number of sulfonamides is 1. The average molecular weight is 568 g/mol.